The SMILES string of the molecule is O=C(O)/C=C(/Sc1ccc(O)cc1)C(=O)O. The van der Waals surface area contributed by atoms with E-state index in [0.29, 0.717) is 11.0 Å². The molecule has 5 nitrogen and oxygen atoms in total. The van der Waals surface area contributed by atoms with Gasteiger partial charge in [0.25, 0.3) is 0 Å². The highest BCUT2D eigenvalue weighted by Crippen LogP contribution is 2.27. The quantitative estimate of drug-likeness (QED) is 0.545. The van der Waals surface area contributed by atoms with Gasteiger partial charge < -0.3 is 15.3 Å². The summed E-state index contributed by atoms with van der Waals surface area (Å²) in [6.07, 6.45) is 0.625. The Morgan fingerprint density at radius 3 is 2.12 bits per heavy atom. The second kappa shape index (κ2) is 5.22. The number of hydrogen-bond acceptors (Lipinski definition) is 4. The monoisotopic (exact) mass is 240 g/mol. The summed E-state index contributed by atoms with van der Waals surface area (Å²) in [5, 5.41) is 26.2. The topological polar surface area (TPSA) is 94.8 Å². The minimum atomic E-state index is -1.32. The fraction of sp³-hybridized carbons (Fsp3) is 0. The largest absolute Gasteiger partial charge is 0.508 e. The van der Waals surface area contributed by atoms with Crippen LogP contribution in [0, 0.1) is 0 Å². The molecule has 0 heterocycles. The van der Waals surface area contributed by atoms with Crippen molar-refractivity contribution in [2.24, 2.45) is 0 Å². The van der Waals surface area contributed by atoms with Crippen LogP contribution in [0.25, 0.3) is 0 Å². The summed E-state index contributed by atoms with van der Waals surface area (Å²) in [5.74, 6) is -2.56. The van der Waals surface area contributed by atoms with Crippen molar-refractivity contribution < 1.29 is 24.9 Å². The lowest BCUT2D eigenvalue weighted by Gasteiger charge is -2.01. The van der Waals surface area contributed by atoms with Crippen LogP contribution in [-0.4, -0.2) is 27.3 Å². The minimum absolute atomic E-state index is 0.0587. The van der Waals surface area contributed by atoms with Gasteiger partial charge in [-0.25, -0.2) is 9.59 Å². The molecule has 0 atom stereocenters. The highest BCUT2D eigenvalue weighted by atomic mass is 32.2. The van der Waals surface area contributed by atoms with E-state index in [9.17, 15) is 9.59 Å². The van der Waals surface area contributed by atoms with Crippen LogP contribution < -0.4 is 0 Å². The van der Waals surface area contributed by atoms with E-state index in [1.807, 2.05) is 0 Å². The average molecular weight is 240 g/mol. The van der Waals surface area contributed by atoms with Crippen molar-refractivity contribution >= 4 is 23.7 Å². The molecule has 0 fully saturated rings. The first-order valence-electron chi connectivity index (χ1n) is 4.14. The first-order chi connectivity index (χ1) is 7.49. The van der Waals surface area contributed by atoms with Gasteiger partial charge in [-0.15, -0.1) is 0 Å². The van der Waals surface area contributed by atoms with Crippen molar-refractivity contribution in [1.29, 1.82) is 0 Å². The third-order valence-electron chi connectivity index (χ3n) is 1.53. The number of carboxylic acids is 2. The van der Waals surface area contributed by atoms with Crippen molar-refractivity contribution in [2.45, 2.75) is 4.90 Å². The Morgan fingerprint density at radius 1 is 1.12 bits per heavy atom. The molecule has 0 unspecified atom stereocenters. The molecular formula is C10H8O5S. The van der Waals surface area contributed by atoms with E-state index in [1.54, 1.807) is 0 Å². The number of benzene rings is 1. The van der Waals surface area contributed by atoms with Crippen molar-refractivity contribution in [1.82, 2.24) is 0 Å². The molecule has 3 N–H and O–H groups in total. The van der Waals surface area contributed by atoms with Gasteiger partial charge in [0.1, 0.15) is 10.7 Å². The molecule has 16 heavy (non-hydrogen) atoms. The van der Waals surface area contributed by atoms with Crippen LogP contribution in [0.3, 0.4) is 0 Å². The number of aromatic hydroxyl groups is 1. The highest BCUT2D eigenvalue weighted by Gasteiger charge is 2.11. The van der Waals surface area contributed by atoms with Gasteiger partial charge in [0.15, 0.2) is 0 Å². The third kappa shape index (κ3) is 3.66. The number of rotatable bonds is 4. The minimum Gasteiger partial charge on any atom is -0.508 e. The second-order valence-corrected chi connectivity index (χ2v) is 3.86. The molecule has 0 aliphatic carbocycles. The van der Waals surface area contributed by atoms with Crippen LogP contribution in [-0.2, 0) is 9.59 Å². The lowest BCUT2D eigenvalue weighted by molar-refractivity contribution is -0.134. The van der Waals surface area contributed by atoms with E-state index < -0.39 is 11.9 Å². The van der Waals surface area contributed by atoms with Gasteiger partial charge in [-0.3, -0.25) is 0 Å². The van der Waals surface area contributed by atoms with Crippen LogP contribution in [0.15, 0.2) is 40.1 Å². The summed E-state index contributed by atoms with van der Waals surface area (Å²) in [6.45, 7) is 0. The van der Waals surface area contributed by atoms with Crippen LogP contribution in [0.2, 0.25) is 0 Å². The number of carboxylic acid groups (broad SMARTS) is 2. The van der Waals surface area contributed by atoms with E-state index >= 15 is 0 Å². The van der Waals surface area contributed by atoms with Crippen LogP contribution >= 0.6 is 11.8 Å². The van der Waals surface area contributed by atoms with Gasteiger partial charge >= 0.3 is 11.9 Å². The molecule has 0 spiro atoms. The van der Waals surface area contributed by atoms with E-state index in [0.717, 1.165) is 11.8 Å². The average Bonchev–Trinajstić information content (AvgIpc) is 2.19. The molecule has 0 bridgehead atoms. The molecule has 0 aliphatic heterocycles. The Kier molecular flexibility index (Phi) is 3.96. The zero-order valence-corrected chi connectivity index (χ0v) is 8.77. The molecule has 1 aromatic carbocycles. The van der Waals surface area contributed by atoms with Crippen molar-refractivity contribution in [3.8, 4) is 5.75 Å². The lowest BCUT2D eigenvalue weighted by atomic mass is 10.3. The number of carbonyl (C=O) groups is 2. The normalized spacial score (nSPS) is 11.1. The predicted octanol–water partition coefficient (Wildman–Crippen LogP) is 1.54. The molecule has 0 radical (unpaired) electrons. The van der Waals surface area contributed by atoms with Gasteiger partial charge in [0.05, 0.1) is 0 Å². The molecule has 0 amide bonds. The van der Waals surface area contributed by atoms with Crippen molar-refractivity contribution in [3.63, 3.8) is 0 Å². The van der Waals surface area contributed by atoms with E-state index in [1.165, 1.54) is 24.3 Å². The molecule has 0 saturated heterocycles. The maximum Gasteiger partial charge on any atom is 0.342 e. The lowest BCUT2D eigenvalue weighted by Crippen LogP contribution is -2.00. The molecule has 1 rings (SSSR count). The third-order valence-corrected chi connectivity index (χ3v) is 2.55. The van der Waals surface area contributed by atoms with Crippen LogP contribution in [0.4, 0.5) is 0 Å². The molecule has 0 aliphatic rings. The van der Waals surface area contributed by atoms with Gasteiger partial charge in [-0.2, -0.15) is 0 Å². The van der Waals surface area contributed by atoms with Gasteiger partial charge in [0, 0.05) is 11.0 Å². The molecule has 6 heteroatoms. The van der Waals surface area contributed by atoms with E-state index in [4.69, 9.17) is 15.3 Å². The Morgan fingerprint density at radius 2 is 1.69 bits per heavy atom. The van der Waals surface area contributed by atoms with Gasteiger partial charge in [-0.05, 0) is 24.3 Å². The maximum atomic E-state index is 10.7. The smallest absolute Gasteiger partial charge is 0.342 e. The summed E-state index contributed by atoms with van der Waals surface area (Å²) in [5.41, 5.74) is 0. The number of phenolic OH excluding ortho intramolecular Hbond substituents is 1. The van der Waals surface area contributed by atoms with E-state index in [2.05, 4.69) is 0 Å². The van der Waals surface area contributed by atoms with Crippen LogP contribution in [0.1, 0.15) is 0 Å². The van der Waals surface area contributed by atoms with Crippen molar-refractivity contribution in [3.05, 3.63) is 35.2 Å². The first kappa shape index (κ1) is 12.1. The maximum absolute atomic E-state index is 10.7. The molecule has 1 aromatic rings. The fourth-order valence-corrected chi connectivity index (χ4v) is 1.66. The number of thioether (sulfide) groups is 1. The fourth-order valence-electron chi connectivity index (χ4n) is 0.888. The molecule has 84 valence electrons. The Balaban J connectivity index is 2.88. The summed E-state index contributed by atoms with van der Waals surface area (Å²) in [4.78, 5) is 21.3. The number of aliphatic carboxylic acids is 2. The number of hydrogen-bond donors (Lipinski definition) is 3. The first-order valence-corrected chi connectivity index (χ1v) is 4.95. The highest BCUT2D eigenvalue weighted by molar-refractivity contribution is 8.04. The standard InChI is InChI=1S/C10H8O5S/c11-6-1-3-7(4-2-6)16-8(10(14)15)5-9(12)13/h1-5,11H,(H,12,13)(H,14,15)/b8-5+. The molecule has 0 saturated carbocycles. The Labute approximate surface area is 95.0 Å². The van der Waals surface area contributed by atoms with Crippen molar-refractivity contribution in [2.75, 3.05) is 0 Å². The predicted molar refractivity (Wildman–Crippen MR) is 57.3 cm³/mol. The van der Waals surface area contributed by atoms with Crippen LogP contribution in [0.5, 0.6) is 5.75 Å². The summed E-state index contributed by atoms with van der Waals surface area (Å²) in [7, 11) is 0. The van der Waals surface area contributed by atoms with Gasteiger partial charge in [-0.1, -0.05) is 11.8 Å². The van der Waals surface area contributed by atoms with Gasteiger partial charge in [0.2, 0.25) is 0 Å². The summed E-state index contributed by atoms with van der Waals surface area (Å²) >= 11 is 0.803. The molecular weight excluding hydrogens is 232 g/mol. The Hall–Kier alpha value is -1.95. The number of phenols is 1. The zero-order chi connectivity index (χ0) is 12.1. The van der Waals surface area contributed by atoms with E-state index in [-0.39, 0.29) is 10.7 Å². The summed E-state index contributed by atoms with van der Waals surface area (Å²) < 4.78 is 0. The molecule has 0 aromatic heterocycles. The second-order valence-electron chi connectivity index (χ2n) is 2.75. The Bertz CT molecular complexity index is 435. The zero-order valence-electron chi connectivity index (χ0n) is 7.95. The summed E-state index contributed by atoms with van der Waals surface area (Å²) in [6, 6.07) is 5.78.